The van der Waals surface area contributed by atoms with Crippen molar-refractivity contribution in [3.63, 3.8) is 0 Å². The Hall–Kier alpha value is -1.89. The van der Waals surface area contributed by atoms with Gasteiger partial charge in [0.25, 0.3) is 5.91 Å². The third kappa shape index (κ3) is 3.95. The fourth-order valence-corrected chi connectivity index (χ4v) is 3.22. The highest BCUT2D eigenvalue weighted by atomic mass is 16.5. The Balaban J connectivity index is 1.52. The van der Waals surface area contributed by atoms with E-state index in [1.54, 1.807) is 7.11 Å². The van der Waals surface area contributed by atoms with Crippen LogP contribution < -0.4 is 5.32 Å². The Morgan fingerprint density at radius 2 is 2.17 bits per heavy atom. The molecule has 0 spiro atoms. The predicted molar refractivity (Wildman–Crippen MR) is 91.0 cm³/mol. The van der Waals surface area contributed by atoms with Crippen LogP contribution in [0.2, 0.25) is 0 Å². The first-order chi connectivity index (χ1) is 11.7. The molecule has 1 fully saturated rings. The average Bonchev–Trinajstić information content (AvgIpc) is 3.01. The van der Waals surface area contributed by atoms with Gasteiger partial charge in [0.2, 0.25) is 0 Å². The van der Waals surface area contributed by atoms with Crippen molar-refractivity contribution >= 4 is 16.9 Å². The van der Waals surface area contributed by atoms with E-state index in [2.05, 4.69) is 10.2 Å². The zero-order valence-corrected chi connectivity index (χ0v) is 13.9. The molecule has 0 aliphatic carbocycles. The molecule has 1 amide bonds. The van der Waals surface area contributed by atoms with Crippen LogP contribution in [0.25, 0.3) is 11.0 Å². The maximum Gasteiger partial charge on any atom is 0.255 e. The van der Waals surface area contributed by atoms with Gasteiger partial charge in [0, 0.05) is 38.2 Å². The first-order valence-electron chi connectivity index (χ1n) is 8.34. The quantitative estimate of drug-likeness (QED) is 0.841. The highest BCUT2D eigenvalue weighted by Gasteiger charge is 2.23. The third-order valence-electron chi connectivity index (χ3n) is 4.48. The molecule has 0 radical (unpaired) electrons. The van der Waals surface area contributed by atoms with Gasteiger partial charge < -0.3 is 24.5 Å². The van der Waals surface area contributed by atoms with Gasteiger partial charge in [0.05, 0.1) is 18.3 Å². The monoisotopic (exact) mass is 332 g/mol. The normalized spacial score (nSPS) is 17.9. The largest absolute Gasteiger partial charge is 0.463 e. The van der Waals surface area contributed by atoms with Crippen molar-refractivity contribution < 1.29 is 19.1 Å². The number of nitrogens with zero attached hydrogens (tertiary/aromatic N) is 1. The molecule has 6 heteroatoms. The number of β-amino-alcohol motifs (C(OH)–C–C–N with tert-alkyl or cyclic N) is 1. The zero-order chi connectivity index (χ0) is 16.9. The van der Waals surface area contributed by atoms with E-state index in [9.17, 15) is 9.90 Å². The molecule has 1 atom stereocenters. The minimum atomic E-state index is -0.460. The highest BCUT2D eigenvalue weighted by Crippen LogP contribution is 2.21. The van der Waals surface area contributed by atoms with Crippen molar-refractivity contribution in [2.45, 2.75) is 25.0 Å². The van der Waals surface area contributed by atoms with Crippen molar-refractivity contribution in [3.05, 3.63) is 36.1 Å². The molecule has 1 aliphatic heterocycles. The van der Waals surface area contributed by atoms with Crippen LogP contribution in [0.1, 0.15) is 23.2 Å². The number of ether oxygens (including phenoxy) is 1. The first kappa shape index (κ1) is 17.0. The molecule has 24 heavy (non-hydrogen) atoms. The molecule has 1 aromatic carbocycles. The van der Waals surface area contributed by atoms with Crippen LogP contribution in [0, 0.1) is 0 Å². The van der Waals surface area contributed by atoms with Gasteiger partial charge in [-0.1, -0.05) is 18.2 Å². The maximum absolute atomic E-state index is 12.5. The lowest BCUT2D eigenvalue weighted by atomic mass is 10.0. The summed E-state index contributed by atoms with van der Waals surface area (Å²) >= 11 is 0. The number of aliphatic hydroxyl groups is 1. The molecular formula is C18H24N2O4. The van der Waals surface area contributed by atoms with Gasteiger partial charge >= 0.3 is 0 Å². The Morgan fingerprint density at radius 3 is 2.92 bits per heavy atom. The van der Waals surface area contributed by atoms with Gasteiger partial charge in [-0.25, -0.2) is 0 Å². The number of likely N-dealkylation sites (tertiary alicyclic amines) is 1. The number of benzene rings is 1. The molecule has 1 unspecified atom stereocenters. The van der Waals surface area contributed by atoms with Gasteiger partial charge in [0.15, 0.2) is 0 Å². The maximum atomic E-state index is 12.5. The predicted octanol–water partition coefficient (Wildman–Crippen LogP) is 1.63. The van der Waals surface area contributed by atoms with Gasteiger partial charge in [-0.3, -0.25) is 4.79 Å². The lowest BCUT2D eigenvalue weighted by molar-refractivity contribution is 0.0309. The lowest BCUT2D eigenvalue weighted by Crippen LogP contribution is -2.46. The molecule has 0 bridgehead atoms. The van der Waals surface area contributed by atoms with Crippen LogP contribution in [0.5, 0.6) is 0 Å². The second-order valence-corrected chi connectivity index (χ2v) is 6.30. The summed E-state index contributed by atoms with van der Waals surface area (Å²) in [5.41, 5.74) is 1.31. The van der Waals surface area contributed by atoms with Crippen LogP contribution >= 0.6 is 0 Å². The Morgan fingerprint density at radius 1 is 1.42 bits per heavy atom. The van der Waals surface area contributed by atoms with Crippen molar-refractivity contribution in [2.75, 3.05) is 33.4 Å². The smallest absolute Gasteiger partial charge is 0.255 e. The summed E-state index contributed by atoms with van der Waals surface area (Å²) < 4.78 is 10.4. The standard InChI is InChI=1S/C18H24N2O4/c1-23-11-14(21)10-20-8-6-13(7-9-20)19-18(22)16-12-24-17-5-3-2-4-15(16)17/h2-5,12-14,21H,6-11H2,1H3,(H,19,22). The van der Waals surface area contributed by atoms with Crippen LogP contribution in [0.4, 0.5) is 0 Å². The van der Waals surface area contributed by atoms with Crippen LogP contribution in [-0.4, -0.2) is 61.4 Å². The van der Waals surface area contributed by atoms with Crippen LogP contribution in [-0.2, 0) is 4.74 Å². The van der Waals surface area contributed by atoms with E-state index >= 15 is 0 Å². The van der Waals surface area contributed by atoms with Crippen molar-refractivity contribution in [1.29, 1.82) is 0 Å². The van der Waals surface area contributed by atoms with Gasteiger partial charge in [-0.2, -0.15) is 0 Å². The Bertz CT molecular complexity index is 676. The number of hydrogen-bond donors (Lipinski definition) is 2. The number of carbonyl (C=O) groups is 1. The lowest BCUT2D eigenvalue weighted by Gasteiger charge is -2.33. The van der Waals surface area contributed by atoms with Gasteiger partial charge in [-0.05, 0) is 18.9 Å². The number of piperidine rings is 1. The number of fused-ring (bicyclic) bond motifs is 1. The van der Waals surface area contributed by atoms with E-state index < -0.39 is 6.10 Å². The van der Waals surface area contributed by atoms with Crippen molar-refractivity contribution in [2.24, 2.45) is 0 Å². The fourth-order valence-electron chi connectivity index (χ4n) is 3.22. The fraction of sp³-hybridized carbons (Fsp3) is 0.500. The summed E-state index contributed by atoms with van der Waals surface area (Å²) in [6.45, 7) is 2.68. The number of hydrogen-bond acceptors (Lipinski definition) is 5. The zero-order valence-electron chi connectivity index (χ0n) is 13.9. The molecule has 0 saturated carbocycles. The number of para-hydroxylation sites is 1. The number of carbonyl (C=O) groups excluding carboxylic acids is 1. The van der Waals surface area contributed by atoms with E-state index in [1.807, 2.05) is 24.3 Å². The van der Waals surface area contributed by atoms with E-state index in [1.165, 1.54) is 6.26 Å². The van der Waals surface area contributed by atoms with E-state index in [0.29, 0.717) is 18.7 Å². The van der Waals surface area contributed by atoms with E-state index in [4.69, 9.17) is 9.15 Å². The molecule has 1 aromatic heterocycles. The summed E-state index contributed by atoms with van der Waals surface area (Å²) in [6, 6.07) is 7.70. The highest BCUT2D eigenvalue weighted by molar-refractivity contribution is 6.05. The minimum absolute atomic E-state index is 0.0854. The molecule has 2 N–H and O–H groups in total. The second kappa shape index (κ2) is 7.79. The summed E-state index contributed by atoms with van der Waals surface area (Å²) in [7, 11) is 1.59. The number of methoxy groups -OCH3 is 1. The molecule has 1 saturated heterocycles. The molecule has 6 nitrogen and oxygen atoms in total. The summed E-state index contributed by atoms with van der Waals surface area (Å²) in [5.74, 6) is -0.0854. The summed E-state index contributed by atoms with van der Waals surface area (Å²) in [6.07, 6.45) is 2.82. The Labute approximate surface area is 141 Å². The topological polar surface area (TPSA) is 74.9 Å². The molecule has 1 aliphatic rings. The van der Waals surface area contributed by atoms with Gasteiger partial charge in [0.1, 0.15) is 11.8 Å². The molecule has 2 aromatic rings. The number of nitrogens with one attached hydrogen (secondary N) is 1. The molecule has 2 heterocycles. The average molecular weight is 332 g/mol. The SMILES string of the molecule is COCC(O)CN1CCC(NC(=O)c2coc3ccccc23)CC1. The number of amides is 1. The second-order valence-electron chi connectivity index (χ2n) is 6.30. The van der Waals surface area contributed by atoms with Gasteiger partial charge in [-0.15, -0.1) is 0 Å². The molecule has 3 rings (SSSR count). The van der Waals surface area contributed by atoms with Crippen LogP contribution in [0.15, 0.2) is 34.9 Å². The van der Waals surface area contributed by atoms with Crippen molar-refractivity contribution in [1.82, 2.24) is 10.2 Å². The minimum Gasteiger partial charge on any atom is -0.463 e. The van der Waals surface area contributed by atoms with Crippen LogP contribution in [0.3, 0.4) is 0 Å². The molecule has 130 valence electrons. The molecular weight excluding hydrogens is 308 g/mol. The third-order valence-corrected chi connectivity index (χ3v) is 4.48. The van der Waals surface area contributed by atoms with E-state index in [-0.39, 0.29) is 11.9 Å². The van der Waals surface area contributed by atoms with Crippen molar-refractivity contribution in [3.8, 4) is 0 Å². The summed E-state index contributed by atoms with van der Waals surface area (Å²) in [4.78, 5) is 14.7. The Kier molecular flexibility index (Phi) is 5.50. The first-order valence-corrected chi connectivity index (χ1v) is 8.34. The number of furan rings is 1. The summed E-state index contributed by atoms with van der Waals surface area (Å²) in [5, 5.41) is 13.7. The number of rotatable bonds is 6. The van der Waals surface area contributed by atoms with E-state index in [0.717, 1.165) is 36.9 Å². The number of aliphatic hydroxyl groups excluding tert-OH is 1.